The van der Waals surface area contributed by atoms with E-state index >= 15 is 0 Å². The Balaban J connectivity index is 2.07. The van der Waals surface area contributed by atoms with Crippen LogP contribution >= 0.6 is 0 Å². The van der Waals surface area contributed by atoms with Gasteiger partial charge in [-0.1, -0.05) is 0 Å². The maximum atomic E-state index is 13.8. The highest BCUT2D eigenvalue weighted by Crippen LogP contribution is 2.36. The third-order valence-electron chi connectivity index (χ3n) is 3.34. The summed E-state index contributed by atoms with van der Waals surface area (Å²) < 4.78 is 64.2. The summed E-state index contributed by atoms with van der Waals surface area (Å²) in [4.78, 5) is 10.4. The lowest BCUT2D eigenvalue weighted by molar-refractivity contribution is 0.0697. The monoisotopic (exact) mass is 371 g/mol. The Bertz CT molecular complexity index is 961. The second-order valence-electron chi connectivity index (χ2n) is 5.03. The fraction of sp³-hybridized carbons (Fsp3) is 0.133. The number of halogens is 2. The van der Waals surface area contributed by atoms with Gasteiger partial charge in [0.05, 0.1) is 11.3 Å². The molecule has 0 saturated heterocycles. The van der Waals surface area contributed by atoms with Gasteiger partial charge in [-0.15, -0.1) is 0 Å². The minimum Gasteiger partial charge on any atom is -0.486 e. The van der Waals surface area contributed by atoms with E-state index in [4.69, 9.17) is 9.47 Å². The molecule has 0 saturated carbocycles. The maximum absolute atomic E-state index is 13.8. The number of ether oxygens (including phenoxy) is 2. The first-order valence-electron chi connectivity index (χ1n) is 6.93. The van der Waals surface area contributed by atoms with E-state index in [0.29, 0.717) is 12.1 Å². The minimum atomic E-state index is -4.57. The number of sulfonamides is 1. The first-order valence-corrected chi connectivity index (χ1v) is 8.41. The topological polar surface area (TPSA) is 102 Å². The summed E-state index contributed by atoms with van der Waals surface area (Å²) in [5.41, 5.74) is -0.787. The average molecular weight is 371 g/mol. The molecule has 2 aromatic carbocycles. The molecule has 0 atom stereocenters. The van der Waals surface area contributed by atoms with Gasteiger partial charge in [0.2, 0.25) is 0 Å². The first kappa shape index (κ1) is 17.0. The van der Waals surface area contributed by atoms with E-state index in [2.05, 4.69) is 0 Å². The van der Waals surface area contributed by atoms with Crippen molar-refractivity contribution in [1.29, 1.82) is 0 Å². The molecule has 10 heteroatoms. The molecule has 0 fully saturated rings. The predicted octanol–water partition coefficient (Wildman–Crippen LogP) is 2.24. The zero-order valence-corrected chi connectivity index (χ0v) is 13.3. The van der Waals surface area contributed by atoms with E-state index in [1.807, 2.05) is 4.72 Å². The van der Waals surface area contributed by atoms with Crippen LogP contribution in [-0.4, -0.2) is 32.7 Å². The Morgan fingerprint density at radius 3 is 2.36 bits per heavy atom. The SMILES string of the molecule is O=C(O)c1cc2c(cc1NS(=O)(=O)c1cc(F)ccc1F)OCCO2. The number of carboxylic acids is 1. The second kappa shape index (κ2) is 6.20. The summed E-state index contributed by atoms with van der Waals surface area (Å²) >= 11 is 0. The quantitative estimate of drug-likeness (QED) is 0.855. The molecule has 25 heavy (non-hydrogen) atoms. The Hall–Kier alpha value is -2.88. The van der Waals surface area contributed by atoms with Gasteiger partial charge in [0.15, 0.2) is 11.5 Å². The van der Waals surface area contributed by atoms with Crippen molar-refractivity contribution in [2.24, 2.45) is 0 Å². The summed E-state index contributed by atoms with van der Waals surface area (Å²) in [6.45, 7) is 0.412. The van der Waals surface area contributed by atoms with Crippen LogP contribution in [0.15, 0.2) is 35.2 Å². The van der Waals surface area contributed by atoms with Crippen molar-refractivity contribution in [2.75, 3.05) is 17.9 Å². The van der Waals surface area contributed by atoms with Gasteiger partial charge >= 0.3 is 5.97 Å². The second-order valence-corrected chi connectivity index (χ2v) is 6.68. The van der Waals surface area contributed by atoms with E-state index in [9.17, 15) is 27.1 Å². The number of carbonyl (C=O) groups is 1. The Kier molecular flexibility index (Phi) is 4.21. The molecule has 0 amide bonds. The number of nitrogens with one attached hydrogen (secondary N) is 1. The molecule has 3 rings (SSSR count). The maximum Gasteiger partial charge on any atom is 0.337 e. The van der Waals surface area contributed by atoms with Crippen molar-refractivity contribution in [3.05, 3.63) is 47.5 Å². The lowest BCUT2D eigenvalue weighted by Gasteiger charge is -2.20. The molecule has 0 radical (unpaired) electrons. The molecule has 1 aliphatic heterocycles. The zero-order valence-electron chi connectivity index (χ0n) is 12.5. The largest absolute Gasteiger partial charge is 0.486 e. The van der Waals surface area contributed by atoms with Gasteiger partial charge in [0, 0.05) is 12.1 Å². The molecule has 2 aromatic rings. The van der Waals surface area contributed by atoms with Gasteiger partial charge in [-0.3, -0.25) is 4.72 Å². The molecule has 1 heterocycles. The van der Waals surface area contributed by atoms with Crippen LogP contribution in [0.2, 0.25) is 0 Å². The van der Waals surface area contributed by atoms with E-state index in [1.165, 1.54) is 0 Å². The number of rotatable bonds is 4. The molecule has 0 aliphatic carbocycles. The van der Waals surface area contributed by atoms with Crippen molar-refractivity contribution in [3.63, 3.8) is 0 Å². The van der Waals surface area contributed by atoms with Crippen molar-refractivity contribution in [3.8, 4) is 11.5 Å². The van der Waals surface area contributed by atoms with Crippen LogP contribution in [-0.2, 0) is 10.0 Å². The number of fused-ring (bicyclic) bond motifs is 1. The highest BCUT2D eigenvalue weighted by molar-refractivity contribution is 7.92. The number of anilines is 1. The van der Waals surface area contributed by atoms with Crippen LogP contribution in [0.1, 0.15) is 10.4 Å². The number of carboxylic acid groups (broad SMARTS) is 1. The van der Waals surface area contributed by atoms with Crippen molar-refractivity contribution in [2.45, 2.75) is 4.90 Å². The van der Waals surface area contributed by atoms with Crippen LogP contribution in [0.4, 0.5) is 14.5 Å². The van der Waals surface area contributed by atoms with Gasteiger partial charge < -0.3 is 14.6 Å². The Morgan fingerprint density at radius 2 is 1.72 bits per heavy atom. The zero-order chi connectivity index (χ0) is 18.2. The standard InChI is InChI=1S/C15H11F2NO6S/c16-8-1-2-10(17)14(5-8)25(21,22)18-11-7-13-12(23-3-4-24-13)6-9(11)15(19)20/h1-2,5-7,18H,3-4H2,(H,19,20). The molecule has 0 spiro atoms. The van der Waals surface area contributed by atoms with Gasteiger partial charge in [-0.2, -0.15) is 0 Å². The molecule has 7 nitrogen and oxygen atoms in total. The molecular weight excluding hydrogens is 360 g/mol. The molecule has 0 unspecified atom stereocenters. The summed E-state index contributed by atoms with van der Waals surface area (Å²) in [6.07, 6.45) is 0. The average Bonchev–Trinajstić information content (AvgIpc) is 2.55. The summed E-state index contributed by atoms with van der Waals surface area (Å²) in [6, 6.07) is 4.13. The van der Waals surface area contributed by atoms with Crippen LogP contribution in [0.5, 0.6) is 11.5 Å². The molecule has 0 aromatic heterocycles. The minimum absolute atomic E-state index is 0.133. The molecule has 0 bridgehead atoms. The Labute approximate surface area is 140 Å². The molecular formula is C15H11F2NO6S. The molecule has 2 N–H and O–H groups in total. The van der Waals surface area contributed by atoms with E-state index in [-0.39, 0.29) is 30.4 Å². The highest BCUT2D eigenvalue weighted by atomic mass is 32.2. The number of aromatic carboxylic acids is 1. The van der Waals surface area contributed by atoms with Crippen LogP contribution in [0.3, 0.4) is 0 Å². The van der Waals surface area contributed by atoms with Crippen molar-refractivity contribution < 1.29 is 36.6 Å². The fourth-order valence-corrected chi connectivity index (χ4v) is 3.39. The van der Waals surface area contributed by atoms with Gasteiger partial charge in [-0.25, -0.2) is 22.0 Å². The third-order valence-corrected chi connectivity index (χ3v) is 4.72. The normalized spacial score (nSPS) is 13.4. The van der Waals surface area contributed by atoms with E-state index in [1.54, 1.807) is 0 Å². The molecule has 132 valence electrons. The van der Waals surface area contributed by atoms with Crippen LogP contribution in [0, 0.1) is 11.6 Å². The summed E-state index contributed by atoms with van der Waals surface area (Å²) in [5, 5.41) is 9.27. The highest BCUT2D eigenvalue weighted by Gasteiger charge is 2.25. The predicted molar refractivity (Wildman–Crippen MR) is 81.6 cm³/mol. The van der Waals surface area contributed by atoms with Crippen LogP contribution < -0.4 is 14.2 Å². The van der Waals surface area contributed by atoms with Gasteiger partial charge in [0.25, 0.3) is 10.0 Å². The lowest BCUT2D eigenvalue weighted by Crippen LogP contribution is -2.19. The fourth-order valence-electron chi connectivity index (χ4n) is 2.23. The van der Waals surface area contributed by atoms with E-state index < -0.39 is 38.1 Å². The van der Waals surface area contributed by atoms with Gasteiger partial charge in [0.1, 0.15) is 29.7 Å². The summed E-state index contributed by atoms with van der Waals surface area (Å²) in [7, 11) is -4.57. The smallest absolute Gasteiger partial charge is 0.337 e. The number of benzene rings is 2. The van der Waals surface area contributed by atoms with Gasteiger partial charge in [-0.05, 0) is 18.2 Å². The van der Waals surface area contributed by atoms with Crippen molar-refractivity contribution >= 4 is 21.7 Å². The Morgan fingerprint density at radius 1 is 1.08 bits per heavy atom. The van der Waals surface area contributed by atoms with E-state index in [0.717, 1.165) is 18.2 Å². The number of hydrogen-bond donors (Lipinski definition) is 2. The third kappa shape index (κ3) is 3.33. The van der Waals surface area contributed by atoms with Crippen LogP contribution in [0.25, 0.3) is 0 Å². The summed E-state index contributed by atoms with van der Waals surface area (Å²) in [5.74, 6) is -3.29. The molecule has 1 aliphatic rings. The first-order chi connectivity index (χ1) is 11.8. The lowest BCUT2D eigenvalue weighted by atomic mass is 10.1. The number of hydrogen-bond acceptors (Lipinski definition) is 5. The van der Waals surface area contributed by atoms with Crippen molar-refractivity contribution in [1.82, 2.24) is 0 Å².